The summed E-state index contributed by atoms with van der Waals surface area (Å²) in [4.78, 5) is 17.5. The number of allylic oxidation sites excluding steroid dienone is 1. The normalized spacial score (nSPS) is 11.1. The summed E-state index contributed by atoms with van der Waals surface area (Å²) in [5.74, 6) is 1.65. The van der Waals surface area contributed by atoms with Gasteiger partial charge in [-0.25, -0.2) is 4.98 Å². The SMILES string of the molecule is C=CCn1c(SCC(=O)Nc2ccc(-c3nc4ccc(C)cc4s3)cc2)nnc1-c1ccc(OCCCC)cc1. The van der Waals surface area contributed by atoms with Crippen molar-refractivity contribution in [2.24, 2.45) is 0 Å². The lowest BCUT2D eigenvalue weighted by atomic mass is 10.2. The highest BCUT2D eigenvalue weighted by Gasteiger charge is 2.15. The van der Waals surface area contributed by atoms with Crippen molar-refractivity contribution in [1.29, 1.82) is 0 Å². The maximum Gasteiger partial charge on any atom is 0.234 e. The molecule has 40 heavy (non-hydrogen) atoms. The lowest BCUT2D eigenvalue weighted by Crippen LogP contribution is -2.14. The predicted molar refractivity (Wildman–Crippen MR) is 165 cm³/mol. The van der Waals surface area contributed by atoms with Gasteiger partial charge in [0.25, 0.3) is 0 Å². The van der Waals surface area contributed by atoms with E-state index in [9.17, 15) is 4.79 Å². The van der Waals surface area contributed by atoms with E-state index in [4.69, 9.17) is 9.72 Å². The molecule has 0 fully saturated rings. The van der Waals surface area contributed by atoms with Gasteiger partial charge in [0.05, 0.1) is 22.6 Å². The molecule has 0 saturated carbocycles. The number of rotatable bonds is 12. The van der Waals surface area contributed by atoms with Crippen molar-refractivity contribution in [3.8, 4) is 27.7 Å². The fraction of sp³-hybridized carbons (Fsp3) is 0.226. The number of hydrogen-bond donors (Lipinski definition) is 1. The number of hydrogen-bond acceptors (Lipinski definition) is 7. The molecule has 0 saturated heterocycles. The predicted octanol–water partition coefficient (Wildman–Crippen LogP) is 7.63. The number of thiazole rings is 1. The molecule has 5 aromatic rings. The van der Waals surface area contributed by atoms with Crippen LogP contribution in [0, 0.1) is 6.92 Å². The van der Waals surface area contributed by atoms with E-state index in [-0.39, 0.29) is 11.7 Å². The van der Waals surface area contributed by atoms with E-state index >= 15 is 0 Å². The molecule has 0 radical (unpaired) electrons. The van der Waals surface area contributed by atoms with Crippen molar-refractivity contribution in [2.75, 3.05) is 17.7 Å². The fourth-order valence-corrected chi connectivity index (χ4v) is 5.93. The molecule has 7 nitrogen and oxygen atoms in total. The van der Waals surface area contributed by atoms with Crippen LogP contribution in [0.25, 0.3) is 32.2 Å². The number of aryl methyl sites for hydroxylation is 1. The number of carbonyl (C=O) groups excluding carboxylic acids is 1. The summed E-state index contributed by atoms with van der Waals surface area (Å²) in [6.07, 6.45) is 3.92. The highest BCUT2D eigenvalue weighted by molar-refractivity contribution is 7.99. The molecule has 0 unspecified atom stereocenters. The molecule has 2 aromatic heterocycles. The van der Waals surface area contributed by atoms with Crippen LogP contribution >= 0.6 is 23.1 Å². The van der Waals surface area contributed by atoms with Gasteiger partial charge in [-0.1, -0.05) is 37.2 Å². The van der Waals surface area contributed by atoms with Gasteiger partial charge in [0.15, 0.2) is 11.0 Å². The van der Waals surface area contributed by atoms with Gasteiger partial charge in [0.2, 0.25) is 5.91 Å². The molecular formula is C31H31N5O2S2. The third kappa shape index (κ3) is 6.60. The Kier molecular flexibility index (Phi) is 8.93. The quantitative estimate of drug-likeness (QED) is 0.0945. The molecular weight excluding hydrogens is 539 g/mol. The van der Waals surface area contributed by atoms with Gasteiger partial charge in [-0.15, -0.1) is 28.1 Å². The zero-order chi connectivity index (χ0) is 27.9. The van der Waals surface area contributed by atoms with Gasteiger partial charge in [-0.3, -0.25) is 9.36 Å². The van der Waals surface area contributed by atoms with Gasteiger partial charge >= 0.3 is 0 Å². The molecule has 0 aliphatic rings. The maximum atomic E-state index is 12.7. The number of fused-ring (bicyclic) bond motifs is 1. The number of amides is 1. The van der Waals surface area contributed by atoms with E-state index in [1.54, 1.807) is 17.4 Å². The van der Waals surface area contributed by atoms with E-state index in [0.717, 1.165) is 51.8 Å². The molecule has 2 heterocycles. The summed E-state index contributed by atoms with van der Waals surface area (Å²) in [6, 6.07) is 21.9. The lowest BCUT2D eigenvalue weighted by Gasteiger charge is -2.09. The molecule has 9 heteroatoms. The number of unbranched alkanes of at least 4 members (excludes halogenated alkanes) is 1. The molecule has 5 rings (SSSR count). The molecule has 0 aliphatic heterocycles. The minimum absolute atomic E-state index is 0.114. The largest absolute Gasteiger partial charge is 0.494 e. The van der Waals surface area contributed by atoms with Crippen molar-refractivity contribution in [2.45, 2.75) is 38.4 Å². The van der Waals surface area contributed by atoms with Gasteiger partial charge in [0.1, 0.15) is 10.8 Å². The first kappa shape index (κ1) is 27.6. The third-order valence-electron chi connectivity index (χ3n) is 6.20. The number of thioether (sulfide) groups is 1. The van der Waals surface area contributed by atoms with Crippen molar-refractivity contribution < 1.29 is 9.53 Å². The highest BCUT2D eigenvalue weighted by atomic mass is 32.2. The standard InChI is InChI=1S/C31H31N5O2S2/c1-4-6-18-38-25-14-10-22(11-15-25)29-34-35-31(36(29)17-5-2)39-20-28(37)32-24-12-8-23(9-13-24)30-33-26-16-7-21(3)19-27(26)40-30/h5,7-16,19H,2,4,6,17-18,20H2,1,3H3,(H,32,37). The fourth-order valence-electron chi connectivity index (χ4n) is 4.12. The smallest absolute Gasteiger partial charge is 0.234 e. The Hall–Kier alpha value is -3.95. The summed E-state index contributed by atoms with van der Waals surface area (Å²) < 4.78 is 8.91. The van der Waals surface area contributed by atoms with Crippen molar-refractivity contribution >= 4 is 44.9 Å². The second-order valence-electron chi connectivity index (χ2n) is 9.34. The molecule has 204 valence electrons. The number of anilines is 1. The Balaban J connectivity index is 1.20. The Morgan fingerprint density at radius 2 is 1.85 bits per heavy atom. The summed E-state index contributed by atoms with van der Waals surface area (Å²) in [5, 5.41) is 13.3. The molecule has 0 atom stereocenters. The van der Waals surface area contributed by atoms with Crippen LogP contribution in [-0.4, -0.2) is 38.0 Å². The summed E-state index contributed by atoms with van der Waals surface area (Å²) in [7, 11) is 0. The van der Waals surface area contributed by atoms with E-state index in [1.165, 1.54) is 22.0 Å². The average Bonchev–Trinajstić information content (AvgIpc) is 3.57. The van der Waals surface area contributed by atoms with Crippen LogP contribution in [-0.2, 0) is 11.3 Å². The average molecular weight is 570 g/mol. The van der Waals surface area contributed by atoms with Crippen LogP contribution in [0.2, 0.25) is 0 Å². The first-order chi connectivity index (χ1) is 19.5. The molecule has 1 amide bonds. The summed E-state index contributed by atoms with van der Waals surface area (Å²) in [6.45, 7) is 9.34. The molecule has 1 N–H and O–H groups in total. The number of nitrogens with zero attached hydrogens (tertiary/aromatic N) is 4. The van der Waals surface area contributed by atoms with Crippen molar-refractivity contribution in [1.82, 2.24) is 19.7 Å². The van der Waals surface area contributed by atoms with E-state index in [0.29, 0.717) is 18.3 Å². The Bertz CT molecular complexity index is 1610. The first-order valence-corrected chi connectivity index (χ1v) is 15.0. The van der Waals surface area contributed by atoms with Gasteiger partial charge in [-0.2, -0.15) is 0 Å². The van der Waals surface area contributed by atoms with Gasteiger partial charge in [-0.05, 0) is 79.6 Å². The van der Waals surface area contributed by atoms with Crippen LogP contribution in [0.4, 0.5) is 5.69 Å². The molecule has 0 spiro atoms. The zero-order valence-corrected chi connectivity index (χ0v) is 24.2. The Morgan fingerprint density at radius 3 is 2.60 bits per heavy atom. The van der Waals surface area contributed by atoms with Crippen molar-refractivity contribution in [3.63, 3.8) is 0 Å². The van der Waals surface area contributed by atoms with Crippen LogP contribution in [0.3, 0.4) is 0 Å². The van der Waals surface area contributed by atoms with Crippen molar-refractivity contribution in [3.05, 3.63) is 84.9 Å². The minimum atomic E-state index is -0.114. The Labute approximate surface area is 242 Å². The zero-order valence-electron chi connectivity index (χ0n) is 22.6. The second-order valence-corrected chi connectivity index (χ2v) is 11.3. The summed E-state index contributed by atoms with van der Waals surface area (Å²) in [5.41, 5.74) is 4.91. The Morgan fingerprint density at radius 1 is 1.07 bits per heavy atom. The number of ether oxygens (including phenoxy) is 1. The van der Waals surface area contributed by atoms with E-state index < -0.39 is 0 Å². The van der Waals surface area contributed by atoms with Gasteiger partial charge < -0.3 is 10.1 Å². The maximum absolute atomic E-state index is 12.7. The number of nitrogens with one attached hydrogen (secondary N) is 1. The second kappa shape index (κ2) is 12.9. The van der Waals surface area contributed by atoms with E-state index in [2.05, 4.69) is 54.1 Å². The van der Waals surface area contributed by atoms with Crippen LogP contribution < -0.4 is 10.1 Å². The minimum Gasteiger partial charge on any atom is -0.494 e. The number of benzene rings is 3. The van der Waals surface area contributed by atoms with E-state index in [1.807, 2.05) is 53.1 Å². The van der Waals surface area contributed by atoms with Crippen LogP contribution in [0.5, 0.6) is 5.75 Å². The lowest BCUT2D eigenvalue weighted by molar-refractivity contribution is -0.113. The number of aromatic nitrogens is 4. The monoisotopic (exact) mass is 569 g/mol. The molecule has 0 bridgehead atoms. The topological polar surface area (TPSA) is 81.9 Å². The van der Waals surface area contributed by atoms with Crippen LogP contribution in [0.1, 0.15) is 25.3 Å². The van der Waals surface area contributed by atoms with Crippen LogP contribution in [0.15, 0.2) is 84.5 Å². The molecule has 0 aliphatic carbocycles. The summed E-state index contributed by atoms with van der Waals surface area (Å²) >= 11 is 3.02. The third-order valence-corrected chi connectivity index (χ3v) is 8.23. The number of carbonyl (C=O) groups is 1. The molecule has 3 aromatic carbocycles. The first-order valence-electron chi connectivity index (χ1n) is 13.2. The highest BCUT2D eigenvalue weighted by Crippen LogP contribution is 2.31. The van der Waals surface area contributed by atoms with Gasteiger partial charge in [0, 0.05) is 23.4 Å².